The predicted molar refractivity (Wildman–Crippen MR) is 76.6 cm³/mol. The van der Waals surface area contributed by atoms with Gasteiger partial charge in [0, 0.05) is 11.6 Å². The molecule has 0 saturated heterocycles. The molecule has 116 valence electrons. The molecule has 0 aliphatic heterocycles. The second-order valence-electron chi connectivity index (χ2n) is 4.75. The Morgan fingerprint density at radius 3 is 2.48 bits per heavy atom. The summed E-state index contributed by atoms with van der Waals surface area (Å²) in [5.41, 5.74) is -0.543. The van der Waals surface area contributed by atoms with Crippen LogP contribution >= 0.6 is 31.9 Å². The molecule has 2 rings (SSSR count). The molecule has 1 aliphatic carbocycles. The zero-order valence-electron chi connectivity index (χ0n) is 10.6. The minimum absolute atomic E-state index is 0.0590. The summed E-state index contributed by atoms with van der Waals surface area (Å²) in [6.07, 6.45) is -3.75. The summed E-state index contributed by atoms with van der Waals surface area (Å²) in [6, 6.07) is 0.952. The molecule has 1 saturated carbocycles. The third-order valence-corrected chi connectivity index (χ3v) is 4.30. The van der Waals surface area contributed by atoms with Crippen LogP contribution in [0.4, 0.5) is 17.6 Å². The van der Waals surface area contributed by atoms with Gasteiger partial charge in [-0.1, -0.05) is 28.1 Å². The maximum atomic E-state index is 14.1. The van der Waals surface area contributed by atoms with E-state index in [1.54, 1.807) is 0 Å². The molecule has 0 heterocycles. The molecule has 1 amide bonds. The highest BCUT2D eigenvalue weighted by molar-refractivity contribution is 9.10. The lowest BCUT2D eigenvalue weighted by Gasteiger charge is -2.33. The lowest BCUT2D eigenvalue weighted by atomic mass is 10.0. The van der Waals surface area contributed by atoms with E-state index >= 15 is 0 Å². The summed E-state index contributed by atoms with van der Waals surface area (Å²) >= 11 is 5.77. The molecule has 2 nitrogen and oxygen atoms in total. The highest BCUT2D eigenvalue weighted by Crippen LogP contribution is 2.45. The topological polar surface area (TPSA) is 20.3 Å². The van der Waals surface area contributed by atoms with Crippen molar-refractivity contribution in [3.63, 3.8) is 0 Å². The van der Waals surface area contributed by atoms with Crippen LogP contribution in [0.2, 0.25) is 0 Å². The second-order valence-corrected chi connectivity index (χ2v) is 6.17. The standard InChI is InChI=1S/C13H11Br2F4NO/c14-6-10(21)20(7-4-5-7)12(13(17,18)19)8-2-1-3-9(15)11(8)16/h1-3,7,12H,4-6H2. The first kappa shape index (κ1) is 16.7. The van der Waals surface area contributed by atoms with Crippen molar-refractivity contribution in [1.82, 2.24) is 4.90 Å². The first-order valence-corrected chi connectivity index (χ1v) is 8.06. The molecule has 1 aromatic rings. The van der Waals surface area contributed by atoms with Crippen LogP contribution in [0.25, 0.3) is 0 Å². The number of benzene rings is 1. The largest absolute Gasteiger partial charge is 0.413 e. The van der Waals surface area contributed by atoms with Crippen LogP contribution in [-0.2, 0) is 4.79 Å². The van der Waals surface area contributed by atoms with Gasteiger partial charge in [0.15, 0.2) is 6.04 Å². The van der Waals surface area contributed by atoms with Crippen molar-refractivity contribution in [3.05, 3.63) is 34.1 Å². The molecule has 0 aromatic heterocycles. The summed E-state index contributed by atoms with van der Waals surface area (Å²) in [6.45, 7) is 0. The normalized spacial score (nSPS) is 16.7. The van der Waals surface area contributed by atoms with E-state index < -0.39 is 35.5 Å². The van der Waals surface area contributed by atoms with Crippen molar-refractivity contribution in [1.29, 1.82) is 0 Å². The van der Waals surface area contributed by atoms with E-state index in [0.717, 1.165) is 11.0 Å². The number of halogens is 6. The summed E-state index contributed by atoms with van der Waals surface area (Å²) in [5.74, 6) is -1.69. The van der Waals surface area contributed by atoms with Gasteiger partial charge >= 0.3 is 6.18 Å². The zero-order chi connectivity index (χ0) is 15.8. The van der Waals surface area contributed by atoms with Gasteiger partial charge in [0.05, 0.1) is 9.80 Å². The van der Waals surface area contributed by atoms with Crippen molar-refractivity contribution < 1.29 is 22.4 Å². The Labute approximate surface area is 135 Å². The molecule has 0 N–H and O–H groups in total. The van der Waals surface area contributed by atoms with Crippen LogP contribution in [0.3, 0.4) is 0 Å². The van der Waals surface area contributed by atoms with E-state index in [2.05, 4.69) is 31.9 Å². The minimum atomic E-state index is -4.75. The van der Waals surface area contributed by atoms with Crippen LogP contribution in [0, 0.1) is 5.82 Å². The SMILES string of the molecule is O=C(CBr)N(C1CC1)C(c1cccc(Br)c1F)C(F)(F)F. The molecule has 1 atom stereocenters. The average Bonchev–Trinajstić information content (AvgIpc) is 3.22. The molecular weight excluding hydrogens is 422 g/mol. The highest BCUT2D eigenvalue weighted by atomic mass is 79.9. The van der Waals surface area contributed by atoms with Gasteiger partial charge in [0.1, 0.15) is 5.82 Å². The fourth-order valence-corrected chi connectivity index (χ4v) is 2.87. The van der Waals surface area contributed by atoms with Crippen molar-refractivity contribution >= 4 is 37.8 Å². The van der Waals surface area contributed by atoms with E-state index in [4.69, 9.17) is 0 Å². The van der Waals surface area contributed by atoms with E-state index in [1.807, 2.05) is 0 Å². The fourth-order valence-electron chi connectivity index (χ4n) is 2.20. The molecule has 0 bridgehead atoms. The Morgan fingerprint density at radius 1 is 1.38 bits per heavy atom. The molecule has 1 fully saturated rings. The van der Waals surface area contributed by atoms with Crippen molar-refractivity contribution in [2.24, 2.45) is 0 Å². The number of hydrogen-bond acceptors (Lipinski definition) is 1. The van der Waals surface area contributed by atoms with Gasteiger partial charge in [-0.25, -0.2) is 4.39 Å². The van der Waals surface area contributed by atoms with E-state index in [1.165, 1.54) is 12.1 Å². The Morgan fingerprint density at radius 2 is 2.00 bits per heavy atom. The number of rotatable bonds is 4. The maximum Gasteiger partial charge on any atom is 0.413 e. The van der Waals surface area contributed by atoms with Crippen LogP contribution in [0.15, 0.2) is 22.7 Å². The van der Waals surface area contributed by atoms with Gasteiger partial charge in [-0.2, -0.15) is 13.2 Å². The van der Waals surface area contributed by atoms with Gasteiger partial charge in [-0.05, 0) is 34.8 Å². The summed E-state index contributed by atoms with van der Waals surface area (Å²) in [4.78, 5) is 12.6. The zero-order valence-corrected chi connectivity index (χ0v) is 13.8. The predicted octanol–water partition coefficient (Wildman–Crippen LogP) is 4.58. The molecule has 8 heteroatoms. The lowest BCUT2D eigenvalue weighted by molar-refractivity contribution is -0.193. The summed E-state index contributed by atoms with van der Waals surface area (Å²) < 4.78 is 54.4. The third-order valence-electron chi connectivity index (χ3n) is 3.21. The van der Waals surface area contributed by atoms with Crippen LogP contribution in [-0.4, -0.2) is 28.4 Å². The van der Waals surface area contributed by atoms with Crippen LogP contribution in [0.5, 0.6) is 0 Å². The Bertz CT molecular complexity index is 545. The summed E-state index contributed by atoms with van der Waals surface area (Å²) in [5, 5.41) is -0.230. The van der Waals surface area contributed by atoms with Gasteiger partial charge in [0.25, 0.3) is 0 Å². The second kappa shape index (κ2) is 6.24. The fraction of sp³-hybridized carbons (Fsp3) is 0.462. The summed E-state index contributed by atoms with van der Waals surface area (Å²) in [7, 11) is 0. The van der Waals surface area contributed by atoms with Crippen LogP contribution in [0.1, 0.15) is 24.4 Å². The number of amides is 1. The lowest BCUT2D eigenvalue weighted by Crippen LogP contribution is -2.44. The number of carbonyl (C=O) groups excluding carboxylic acids is 1. The Hall–Kier alpha value is -0.630. The Balaban J connectivity index is 2.52. The molecule has 0 radical (unpaired) electrons. The van der Waals surface area contributed by atoms with Gasteiger partial charge < -0.3 is 4.90 Å². The first-order chi connectivity index (χ1) is 9.77. The number of nitrogens with zero attached hydrogens (tertiary/aromatic N) is 1. The average molecular weight is 433 g/mol. The minimum Gasteiger partial charge on any atom is -0.323 e. The van der Waals surface area contributed by atoms with E-state index in [9.17, 15) is 22.4 Å². The quantitative estimate of drug-likeness (QED) is 0.503. The van der Waals surface area contributed by atoms with E-state index in [0.29, 0.717) is 12.8 Å². The van der Waals surface area contributed by atoms with E-state index in [-0.39, 0.29) is 9.80 Å². The maximum absolute atomic E-state index is 14.1. The molecule has 0 spiro atoms. The van der Waals surface area contributed by atoms with Crippen LogP contribution < -0.4 is 0 Å². The van der Waals surface area contributed by atoms with Crippen molar-refractivity contribution in [2.45, 2.75) is 31.1 Å². The number of alkyl halides is 4. The monoisotopic (exact) mass is 431 g/mol. The van der Waals surface area contributed by atoms with Gasteiger partial charge in [-0.3, -0.25) is 4.79 Å². The molecule has 1 aromatic carbocycles. The molecule has 1 unspecified atom stereocenters. The van der Waals surface area contributed by atoms with Crippen molar-refractivity contribution in [2.75, 3.05) is 5.33 Å². The highest BCUT2D eigenvalue weighted by Gasteiger charge is 2.51. The van der Waals surface area contributed by atoms with Crippen molar-refractivity contribution in [3.8, 4) is 0 Å². The molecular formula is C13H11Br2F4NO. The third kappa shape index (κ3) is 3.59. The molecule has 21 heavy (non-hydrogen) atoms. The van der Waals surface area contributed by atoms with Gasteiger partial charge in [0.2, 0.25) is 5.91 Å². The smallest absolute Gasteiger partial charge is 0.323 e. The number of hydrogen-bond donors (Lipinski definition) is 0. The Kier molecular flexibility index (Phi) is 4.97. The van der Waals surface area contributed by atoms with Gasteiger partial charge in [-0.15, -0.1) is 0 Å². The number of carbonyl (C=O) groups is 1. The first-order valence-electron chi connectivity index (χ1n) is 6.15. The molecule has 1 aliphatic rings.